The maximum absolute atomic E-state index is 13.0. The Morgan fingerprint density at radius 3 is 2.13 bits per heavy atom. The molecule has 3 N–H and O–H groups in total. The Balaban J connectivity index is 1.61. The van der Waals surface area contributed by atoms with Gasteiger partial charge in [-0.1, -0.05) is 62.4 Å². The van der Waals surface area contributed by atoms with Crippen LogP contribution in [0.5, 0.6) is 0 Å². The van der Waals surface area contributed by atoms with Gasteiger partial charge >= 0.3 is 6.03 Å². The molecule has 3 rings (SSSR count). The molecular formula is C25H34N4O2. The summed E-state index contributed by atoms with van der Waals surface area (Å²) < 4.78 is 0. The summed E-state index contributed by atoms with van der Waals surface area (Å²) in [4.78, 5) is 28.1. The summed E-state index contributed by atoms with van der Waals surface area (Å²) in [5.74, 6) is 1.07. The highest BCUT2D eigenvalue weighted by atomic mass is 16.2. The number of nitrogens with one attached hydrogen (secondary N) is 3. The molecule has 2 aromatic carbocycles. The highest BCUT2D eigenvalue weighted by Crippen LogP contribution is 2.21. The molecule has 0 unspecified atom stereocenters. The average Bonchev–Trinajstić information content (AvgIpc) is 2.72. The molecule has 6 heteroatoms. The van der Waals surface area contributed by atoms with Crippen LogP contribution in [0.15, 0.2) is 60.7 Å². The molecule has 31 heavy (non-hydrogen) atoms. The van der Waals surface area contributed by atoms with E-state index in [1.165, 1.54) is 6.42 Å². The molecule has 1 heterocycles. The van der Waals surface area contributed by atoms with Crippen molar-refractivity contribution in [2.75, 3.05) is 25.0 Å². The Bertz CT molecular complexity index is 833. The molecule has 166 valence electrons. The number of anilines is 1. The zero-order valence-corrected chi connectivity index (χ0v) is 18.7. The summed E-state index contributed by atoms with van der Waals surface area (Å²) >= 11 is 0. The lowest BCUT2D eigenvalue weighted by atomic mass is 9.92. The zero-order chi connectivity index (χ0) is 22.2. The fourth-order valence-corrected chi connectivity index (χ4v) is 4.45. The van der Waals surface area contributed by atoms with E-state index in [9.17, 15) is 9.59 Å². The number of carbonyl (C=O) groups is 2. The summed E-state index contributed by atoms with van der Waals surface area (Å²) in [6.45, 7) is 9.49. The number of carbonyl (C=O) groups excluding carboxylic acids is 2. The molecular weight excluding hydrogens is 388 g/mol. The second-order valence-corrected chi connectivity index (χ2v) is 8.88. The normalized spacial score (nSPS) is 21.0. The minimum Gasteiger partial charge on any atom is -0.334 e. The van der Waals surface area contributed by atoms with E-state index in [1.54, 1.807) is 0 Å². The molecule has 2 aromatic rings. The van der Waals surface area contributed by atoms with Crippen molar-refractivity contribution in [1.82, 2.24) is 15.5 Å². The van der Waals surface area contributed by atoms with Crippen LogP contribution in [0, 0.1) is 11.8 Å². The second kappa shape index (κ2) is 11.0. The molecule has 0 spiro atoms. The van der Waals surface area contributed by atoms with E-state index in [0.717, 1.165) is 25.2 Å². The minimum absolute atomic E-state index is 0.0221. The van der Waals surface area contributed by atoms with Crippen LogP contribution in [0.4, 0.5) is 10.5 Å². The molecule has 0 aliphatic carbocycles. The van der Waals surface area contributed by atoms with E-state index in [-0.39, 0.29) is 18.0 Å². The number of likely N-dealkylation sites (tertiary alicyclic amines) is 1. The van der Waals surface area contributed by atoms with Crippen molar-refractivity contribution in [2.45, 2.75) is 39.3 Å². The summed E-state index contributed by atoms with van der Waals surface area (Å²) in [6, 6.07) is 17.4. The molecule has 3 amide bonds. The molecule has 0 bridgehead atoms. The van der Waals surface area contributed by atoms with Crippen LogP contribution in [0.3, 0.4) is 0 Å². The van der Waals surface area contributed by atoms with Crippen LogP contribution >= 0.6 is 0 Å². The number of hydrogen-bond acceptors (Lipinski definition) is 3. The largest absolute Gasteiger partial charge is 0.334 e. The Labute approximate surface area is 185 Å². The van der Waals surface area contributed by atoms with E-state index >= 15 is 0 Å². The Hall–Kier alpha value is -2.86. The van der Waals surface area contributed by atoms with Gasteiger partial charge in [0.25, 0.3) is 5.91 Å². The van der Waals surface area contributed by atoms with Gasteiger partial charge in [-0.15, -0.1) is 0 Å². The smallest absolute Gasteiger partial charge is 0.315 e. The monoisotopic (exact) mass is 422 g/mol. The Morgan fingerprint density at radius 1 is 0.935 bits per heavy atom. The van der Waals surface area contributed by atoms with Gasteiger partial charge in [-0.05, 0) is 42.9 Å². The van der Waals surface area contributed by atoms with Crippen LogP contribution in [0.25, 0.3) is 0 Å². The SMILES string of the molecule is C[C@@H]1C[C@H](C)CN(C[C@@H](C)NC(=O)N[C@H](C(=O)Nc2ccccc2)c2ccccc2)C1. The van der Waals surface area contributed by atoms with Crippen molar-refractivity contribution < 1.29 is 9.59 Å². The number of hydrogen-bond donors (Lipinski definition) is 3. The first-order valence-electron chi connectivity index (χ1n) is 11.1. The van der Waals surface area contributed by atoms with Gasteiger partial charge in [0.1, 0.15) is 6.04 Å². The number of nitrogens with zero attached hydrogens (tertiary/aromatic N) is 1. The summed E-state index contributed by atoms with van der Waals surface area (Å²) in [5.41, 5.74) is 1.43. The number of rotatable bonds is 7. The van der Waals surface area contributed by atoms with Crippen molar-refractivity contribution in [1.29, 1.82) is 0 Å². The maximum atomic E-state index is 13.0. The highest BCUT2D eigenvalue weighted by Gasteiger charge is 2.25. The van der Waals surface area contributed by atoms with E-state index in [0.29, 0.717) is 17.5 Å². The lowest BCUT2D eigenvalue weighted by Gasteiger charge is -2.36. The molecule has 0 aromatic heterocycles. The average molecular weight is 423 g/mol. The lowest BCUT2D eigenvalue weighted by molar-refractivity contribution is -0.118. The van der Waals surface area contributed by atoms with Crippen molar-refractivity contribution in [2.24, 2.45) is 11.8 Å². The predicted octanol–water partition coefficient (Wildman–Crippen LogP) is 4.03. The number of urea groups is 1. The van der Waals surface area contributed by atoms with Gasteiger partial charge in [-0.25, -0.2) is 4.79 Å². The van der Waals surface area contributed by atoms with Crippen molar-refractivity contribution in [3.8, 4) is 0 Å². The van der Waals surface area contributed by atoms with Gasteiger partial charge in [-0.3, -0.25) is 4.79 Å². The van der Waals surface area contributed by atoms with E-state index in [1.807, 2.05) is 67.6 Å². The molecule has 6 nitrogen and oxygen atoms in total. The molecule has 4 atom stereocenters. The quantitative estimate of drug-likeness (QED) is 0.631. The fourth-order valence-electron chi connectivity index (χ4n) is 4.45. The lowest BCUT2D eigenvalue weighted by Crippen LogP contribution is -2.50. The van der Waals surface area contributed by atoms with Crippen LogP contribution in [0.1, 0.15) is 38.8 Å². The molecule has 1 aliphatic heterocycles. The number of amides is 3. The fraction of sp³-hybridized carbons (Fsp3) is 0.440. The van der Waals surface area contributed by atoms with Gasteiger partial charge in [0, 0.05) is 31.4 Å². The van der Waals surface area contributed by atoms with Gasteiger partial charge in [0.05, 0.1) is 0 Å². The van der Waals surface area contributed by atoms with Crippen LogP contribution < -0.4 is 16.0 Å². The van der Waals surface area contributed by atoms with Crippen molar-refractivity contribution in [3.05, 3.63) is 66.2 Å². The summed E-state index contributed by atoms with van der Waals surface area (Å²) in [6.07, 6.45) is 1.26. The molecule has 0 saturated carbocycles. The number of para-hydroxylation sites is 1. The summed E-state index contributed by atoms with van der Waals surface area (Å²) in [5, 5.41) is 8.75. The van der Waals surface area contributed by atoms with Gasteiger partial charge in [0.2, 0.25) is 0 Å². The number of benzene rings is 2. The first kappa shape index (κ1) is 22.8. The number of piperidine rings is 1. The molecule has 1 fully saturated rings. The van der Waals surface area contributed by atoms with E-state index < -0.39 is 6.04 Å². The van der Waals surface area contributed by atoms with E-state index in [4.69, 9.17) is 0 Å². The minimum atomic E-state index is -0.788. The van der Waals surface area contributed by atoms with Gasteiger partial charge in [-0.2, -0.15) is 0 Å². The molecule has 0 radical (unpaired) electrons. The van der Waals surface area contributed by atoms with Gasteiger partial charge < -0.3 is 20.9 Å². The first-order valence-corrected chi connectivity index (χ1v) is 11.1. The third-order valence-corrected chi connectivity index (χ3v) is 5.57. The highest BCUT2D eigenvalue weighted by molar-refractivity contribution is 5.97. The zero-order valence-electron chi connectivity index (χ0n) is 18.7. The Morgan fingerprint density at radius 2 is 1.52 bits per heavy atom. The standard InChI is InChI=1S/C25H34N4O2/c1-18-14-19(2)16-29(15-18)17-20(3)26-25(31)28-23(21-10-6-4-7-11-21)24(30)27-22-12-8-5-9-13-22/h4-13,18-20,23H,14-17H2,1-3H3,(H,27,30)(H2,26,28,31)/t18-,19+,20-,23+/m1/s1. The molecule has 1 saturated heterocycles. The predicted molar refractivity (Wildman–Crippen MR) is 125 cm³/mol. The van der Waals surface area contributed by atoms with Crippen LogP contribution in [-0.2, 0) is 4.79 Å². The van der Waals surface area contributed by atoms with E-state index in [2.05, 4.69) is 34.7 Å². The Kier molecular flexibility index (Phi) is 8.06. The topological polar surface area (TPSA) is 73.5 Å². The maximum Gasteiger partial charge on any atom is 0.315 e. The van der Waals surface area contributed by atoms with Crippen molar-refractivity contribution in [3.63, 3.8) is 0 Å². The van der Waals surface area contributed by atoms with Crippen LogP contribution in [-0.4, -0.2) is 42.5 Å². The van der Waals surface area contributed by atoms with Crippen molar-refractivity contribution >= 4 is 17.6 Å². The first-order chi connectivity index (χ1) is 14.9. The second-order valence-electron chi connectivity index (χ2n) is 8.88. The van der Waals surface area contributed by atoms with Crippen LogP contribution in [0.2, 0.25) is 0 Å². The third-order valence-electron chi connectivity index (χ3n) is 5.57. The third kappa shape index (κ3) is 7.10. The molecule has 1 aliphatic rings. The van der Waals surface area contributed by atoms with Gasteiger partial charge in [0.15, 0.2) is 0 Å². The summed E-state index contributed by atoms with van der Waals surface area (Å²) in [7, 11) is 0.